The van der Waals surface area contributed by atoms with E-state index in [-0.39, 0.29) is 5.78 Å². The first-order valence-corrected chi connectivity index (χ1v) is 9.00. The van der Waals surface area contributed by atoms with Gasteiger partial charge in [0.05, 0.1) is 26.9 Å². The van der Waals surface area contributed by atoms with Crippen LogP contribution in [0.2, 0.25) is 0 Å². The Balaban J connectivity index is 1.85. The van der Waals surface area contributed by atoms with E-state index in [1.165, 1.54) is 20.3 Å². The quantitative estimate of drug-likeness (QED) is 0.381. The van der Waals surface area contributed by atoms with Gasteiger partial charge in [0.15, 0.2) is 28.8 Å². The highest BCUT2D eigenvalue weighted by Crippen LogP contribution is 2.33. The van der Waals surface area contributed by atoms with Crippen LogP contribution in [0.25, 0.3) is 6.08 Å². The lowest BCUT2D eigenvalue weighted by Crippen LogP contribution is -2.01. The Morgan fingerprint density at radius 2 is 1.52 bits per heavy atom. The SMILES string of the molecule is COc1ccc(/C=C/C(=O)c2cccc(OC)c2OC)cc1Oc1ccccc1. The van der Waals surface area contributed by atoms with E-state index in [1.807, 2.05) is 42.5 Å². The van der Waals surface area contributed by atoms with Crippen molar-refractivity contribution in [3.8, 4) is 28.7 Å². The summed E-state index contributed by atoms with van der Waals surface area (Å²) >= 11 is 0. The van der Waals surface area contributed by atoms with Crippen LogP contribution in [0.15, 0.2) is 72.8 Å². The predicted molar refractivity (Wildman–Crippen MR) is 112 cm³/mol. The summed E-state index contributed by atoms with van der Waals surface area (Å²) in [7, 11) is 4.63. The van der Waals surface area contributed by atoms with Crippen molar-refractivity contribution in [3.05, 3.63) is 83.9 Å². The van der Waals surface area contributed by atoms with Crippen molar-refractivity contribution >= 4 is 11.9 Å². The molecule has 0 N–H and O–H groups in total. The van der Waals surface area contributed by atoms with Gasteiger partial charge in [-0.15, -0.1) is 0 Å². The van der Waals surface area contributed by atoms with E-state index in [0.717, 1.165) is 5.56 Å². The van der Waals surface area contributed by atoms with Crippen molar-refractivity contribution in [1.82, 2.24) is 0 Å². The van der Waals surface area contributed by atoms with E-state index in [2.05, 4.69) is 0 Å². The van der Waals surface area contributed by atoms with Gasteiger partial charge in [0, 0.05) is 0 Å². The second-order valence-corrected chi connectivity index (χ2v) is 6.06. The van der Waals surface area contributed by atoms with E-state index in [4.69, 9.17) is 18.9 Å². The van der Waals surface area contributed by atoms with E-state index in [0.29, 0.717) is 34.3 Å². The first kappa shape index (κ1) is 20.0. The number of ketones is 1. The van der Waals surface area contributed by atoms with Gasteiger partial charge in [-0.1, -0.05) is 36.4 Å². The topological polar surface area (TPSA) is 54.0 Å². The molecule has 3 rings (SSSR count). The number of methoxy groups -OCH3 is 3. The molecule has 0 aromatic heterocycles. The summed E-state index contributed by atoms with van der Waals surface area (Å²) < 4.78 is 21.9. The van der Waals surface area contributed by atoms with Crippen LogP contribution < -0.4 is 18.9 Å². The maximum atomic E-state index is 12.7. The fourth-order valence-corrected chi connectivity index (χ4v) is 2.84. The average Bonchev–Trinajstić information content (AvgIpc) is 2.77. The van der Waals surface area contributed by atoms with Gasteiger partial charge in [0.2, 0.25) is 0 Å². The Kier molecular flexibility index (Phi) is 6.53. The molecule has 5 nitrogen and oxygen atoms in total. The predicted octanol–water partition coefficient (Wildman–Crippen LogP) is 5.40. The lowest BCUT2D eigenvalue weighted by Gasteiger charge is -2.11. The van der Waals surface area contributed by atoms with Gasteiger partial charge in [0.25, 0.3) is 0 Å². The standard InChI is InChI=1S/C24H22O5/c1-26-21-15-13-17(16-23(21)29-18-8-5-4-6-9-18)12-14-20(25)19-10-7-11-22(27-2)24(19)28-3/h4-16H,1-3H3/b14-12+. The van der Waals surface area contributed by atoms with Gasteiger partial charge < -0.3 is 18.9 Å². The van der Waals surface area contributed by atoms with E-state index >= 15 is 0 Å². The van der Waals surface area contributed by atoms with Gasteiger partial charge in [-0.05, 0) is 48.0 Å². The number of allylic oxidation sites excluding steroid dienone is 1. The zero-order valence-corrected chi connectivity index (χ0v) is 16.5. The largest absolute Gasteiger partial charge is 0.493 e. The van der Waals surface area contributed by atoms with Crippen molar-refractivity contribution in [1.29, 1.82) is 0 Å². The minimum atomic E-state index is -0.193. The molecule has 0 spiro atoms. The minimum absolute atomic E-state index is 0.193. The molecule has 0 aliphatic heterocycles. The zero-order chi connectivity index (χ0) is 20.6. The summed E-state index contributed by atoms with van der Waals surface area (Å²) in [5.74, 6) is 2.59. The molecule has 0 aliphatic rings. The zero-order valence-electron chi connectivity index (χ0n) is 16.5. The molecule has 0 saturated carbocycles. The Hall–Kier alpha value is -3.73. The van der Waals surface area contributed by atoms with Crippen molar-refractivity contribution in [2.75, 3.05) is 21.3 Å². The molecule has 0 saturated heterocycles. The fraction of sp³-hybridized carbons (Fsp3) is 0.125. The first-order valence-electron chi connectivity index (χ1n) is 9.00. The number of carbonyl (C=O) groups is 1. The van der Waals surface area contributed by atoms with Crippen LogP contribution in [-0.4, -0.2) is 27.1 Å². The smallest absolute Gasteiger partial charge is 0.189 e. The van der Waals surface area contributed by atoms with E-state index < -0.39 is 0 Å². The second-order valence-electron chi connectivity index (χ2n) is 6.06. The van der Waals surface area contributed by atoms with Crippen LogP contribution in [0.3, 0.4) is 0 Å². The Bertz CT molecular complexity index is 1010. The molecule has 0 radical (unpaired) electrons. The number of benzene rings is 3. The lowest BCUT2D eigenvalue weighted by atomic mass is 10.1. The van der Waals surface area contributed by atoms with Crippen molar-refractivity contribution in [3.63, 3.8) is 0 Å². The highest BCUT2D eigenvalue weighted by molar-refractivity contribution is 6.09. The van der Waals surface area contributed by atoms with Crippen molar-refractivity contribution in [2.45, 2.75) is 0 Å². The van der Waals surface area contributed by atoms with Crippen LogP contribution >= 0.6 is 0 Å². The molecule has 0 fully saturated rings. The molecule has 3 aromatic rings. The molecule has 0 unspecified atom stereocenters. The summed E-state index contributed by atoms with van der Waals surface area (Å²) in [6.07, 6.45) is 3.21. The number of rotatable bonds is 8. The van der Waals surface area contributed by atoms with Gasteiger partial charge >= 0.3 is 0 Å². The van der Waals surface area contributed by atoms with Crippen LogP contribution in [0.1, 0.15) is 15.9 Å². The molecule has 0 aliphatic carbocycles. The summed E-state index contributed by atoms with van der Waals surface area (Å²) in [6.45, 7) is 0. The van der Waals surface area contributed by atoms with Gasteiger partial charge in [-0.2, -0.15) is 0 Å². The molecule has 0 heterocycles. The number of para-hydroxylation sites is 2. The van der Waals surface area contributed by atoms with Gasteiger partial charge in [-0.3, -0.25) is 4.79 Å². The fourth-order valence-electron chi connectivity index (χ4n) is 2.84. The summed E-state index contributed by atoms with van der Waals surface area (Å²) in [5.41, 5.74) is 1.23. The Labute approximate surface area is 170 Å². The maximum absolute atomic E-state index is 12.7. The van der Waals surface area contributed by atoms with E-state index in [9.17, 15) is 4.79 Å². The molecule has 0 amide bonds. The second kappa shape index (κ2) is 9.46. The highest BCUT2D eigenvalue weighted by atomic mass is 16.5. The normalized spacial score (nSPS) is 10.6. The molecule has 3 aromatic carbocycles. The number of hydrogen-bond acceptors (Lipinski definition) is 5. The molecule has 0 atom stereocenters. The Morgan fingerprint density at radius 1 is 0.759 bits per heavy atom. The molecular formula is C24H22O5. The third-order valence-electron chi connectivity index (χ3n) is 4.25. The summed E-state index contributed by atoms with van der Waals surface area (Å²) in [5, 5.41) is 0. The van der Waals surface area contributed by atoms with E-state index in [1.54, 1.807) is 37.5 Å². The monoisotopic (exact) mass is 390 g/mol. The van der Waals surface area contributed by atoms with Crippen LogP contribution in [0.4, 0.5) is 0 Å². The summed E-state index contributed by atoms with van der Waals surface area (Å²) in [4.78, 5) is 12.7. The third-order valence-corrected chi connectivity index (χ3v) is 4.25. The molecule has 148 valence electrons. The molecule has 29 heavy (non-hydrogen) atoms. The first-order chi connectivity index (χ1) is 14.2. The molecule has 5 heteroatoms. The van der Waals surface area contributed by atoms with Crippen LogP contribution in [0.5, 0.6) is 28.7 Å². The Morgan fingerprint density at radius 3 is 2.21 bits per heavy atom. The maximum Gasteiger partial charge on any atom is 0.189 e. The van der Waals surface area contributed by atoms with Gasteiger partial charge in [0.1, 0.15) is 5.75 Å². The molecule has 0 bridgehead atoms. The van der Waals surface area contributed by atoms with Gasteiger partial charge in [-0.25, -0.2) is 0 Å². The third kappa shape index (κ3) is 4.76. The number of carbonyl (C=O) groups excluding carboxylic acids is 1. The highest BCUT2D eigenvalue weighted by Gasteiger charge is 2.14. The minimum Gasteiger partial charge on any atom is -0.493 e. The van der Waals surface area contributed by atoms with Crippen LogP contribution in [0, 0.1) is 0 Å². The number of hydrogen-bond donors (Lipinski definition) is 0. The molecular weight excluding hydrogens is 368 g/mol. The number of ether oxygens (including phenoxy) is 4. The van der Waals surface area contributed by atoms with Crippen LogP contribution in [-0.2, 0) is 0 Å². The van der Waals surface area contributed by atoms with Crippen molar-refractivity contribution in [2.24, 2.45) is 0 Å². The summed E-state index contributed by atoms with van der Waals surface area (Å²) in [6, 6.07) is 20.1. The average molecular weight is 390 g/mol. The lowest BCUT2D eigenvalue weighted by molar-refractivity contribution is 0.104. The van der Waals surface area contributed by atoms with Crippen molar-refractivity contribution < 1.29 is 23.7 Å².